The first-order chi connectivity index (χ1) is 10.8. The van der Waals surface area contributed by atoms with Gasteiger partial charge in [0.1, 0.15) is 5.75 Å². The van der Waals surface area contributed by atoms with E-state index in [1.807, 2.05) is 24.4 Å². The van der Waals surface area contributed by atoms with Gasteiger partial charge in [-0.2, -0.15) is 0 Å². The lowest BCUT2D eigenvalue weighted by Gasteiger charge is -2.17. The van der Waals surface area contributed by atoms with Crippen LogP contribution in [0.3, 0.4) is 0 Å². The first-order valence-corrected chi connectivity index (χ1v) is 8.17. The fourth-order valence-electron chi connectivity index (χ4n) is 2.64. The molecule has 22 heavy (non-hydrogen) atoms. The molecule has 4 heteroatoms. The van der Waals surface area contributed by atoms with E-state index in [0.29, 0.717) is 0 Å². The van der Waals surface area contributed by atoms with Crippen LogP contribution in [-0.4, -0.2) is 43.2 Å². The lowest BCUT2D eigenvalue weighted by atomic mass is 10.1. The Morgan fingerprint density at radius 2 is 2.00 bits per heavy atom. The van der Waals surface area contributed by atoms with Gasteiger partial charge in [0.05, 0.1) is 18.3 Å². The second kappa shape index (κ2) is 8.59. The molecule has 1 aromatic heterocycles. The summed E-state index contributed by atoms with van der Waals surface area (Å²) in [5.74, 6) is 0.867. The van der Waals surface area contributed by atoms with Crippen molar-refractivity contribution < 1.29 is 4.74 Å². The van der Waals surface area contributed by atoms with Crippen molar-refractivity contribution in [2.24, 2.45) is 0 Å². The van der Waals surface area contributed by atoms with E-state index in [0.717, 1.165) is 48.4 Å². The summed E-state index contributed by atoms with van der Waals surface area (Å²) in [6.45, 7) is 8.83. The van der Waals surface area contributed by atoms with Crippen molar-refractivity contribution in [1.29, 1.82) is 0 Å². The molecule has 0 spiro atoms. The lowest BCUT2D eigenvalue weighted by molar-refractivity contribution is 0.298. The summed E-state index contributed by atoms with van der Waals surface area (Å²) in [6.07, 6.45) is 4.20. The van der Waals surface area contributed by atoms with E-state index in [9.17, 15) is 0 Å². The van der Waals surface area contributed by atoms with Gasteiger partial charge in [-0.25, -0.2) is 0 Å². The van der Waals surface area contributed by atoms with Crippen LogP contribution in [0, 0.1) is 0 Å². The third-order valence-corrected chi connectivity index (χ3v) is 4.03. The van der Waals surface area contributed by atoms with Gasteiger partial charge in [0.15, 0.2) is 0 Å². The zero-order valence-corrected chi connectivity index (χ0v) is 13.9. The molecule has 1 N–H and O–H groups in total. The third-order valence-electron chi connectivity index (χ3n) is 4.03. The molecule has 0 saturated carbocycles. The molecule has 0 unspecified atom stereocenters. The van der Waals surface area contributed by atoms with Gasteiger partial charge < -0.3 is 15.0 Å². The van der Waals surface area contributed by atoms with E-state index in [4.69, 9.17) is 4.74 Å². The number of anilines is 1. The minimum atomic E-state index is 0.867. The van der Waals surface area contributed by atoms with Crippen LogP contribution >= 0.6 is 0 Å². The summed E-state index contributed by atoms with van der Waals surface area (Å²) in [6, 6.07) is 8.07. The largest absolute Gasteiger partial charge is 0.497 e. The number of ether oxygens (including phenoxy) is 1. The van der Waals surface area contributed by atoms with Gasteiger partial charge in [0, 0.05) is 24.2 Å². The molecule has 0 radical (unpaired) electrons. The van der Waals surface area contributed by atoms with Crippen LogP contribution in [0.15, 0.2) is 30.5 Å². The first kappa shape index (κ1) is 16.6. The number of nitrogens with one attached hydrogen (secondary N) is 1. The van der Waals surface area contributed by atoms with Gasteiger partial charge in [-0.05, 0) is 44.6 Å². The minimum Gasteiger partial charge on any atom is -0.497 e. The molecule has 2 rings (SSSR count). The number of hydrogen-bond donors (Lipinski definition) is 1. The molecule has 0 saturated heterocycles. The highest BCUT2D eigenvalue weighted by Crippen LogP contribution is 2.27. The summed E-state index contributed by atoms with van der Waals surface area (Å²) in [5.41, 5.74) is 2.06. The number of methoxy groups -OCH3 is 1. The van der Waals surface area contributed by atoms with Crippen LogP contribution in [0.4, 0.5) is 5.69 Å². The molecule has 1 aromatic carbocycles. The fourth-order valence-corrected chi connectivity index (χ4v) is 2.64. The summed E-state index contributed by atoms with van der Waals surface area (Å²) >= 11 is 0. The smallest absolute Gasteiger partial charge is 0.121 e. The molecule has 0 aliphatic rings. The first-order valence-electron chi connectivity index (χ1n) is 8.17. The molecule has 0 aliphatic carbocycles. The molecule has 0 aliphatic heterocycles. The van der Waals surface area contributed by atoms with Crippen LogP contribution < -0.4 is 10.1 Å². The number of nitrogens with zero attached hydrogens (tertiary/aromatic N) is 2. The molecule has 2 aromatic rings. The van der Waals surface area contributed by atoms with E-state index >= 15 is 0 Å². The quantitative estimate of drug-likeness (QED) is 0.715. The van der Waals surface area contributed by atoms with Gasteiger partial charge in [-0.3, -0.25) is 4.98 Å². The molecule has 1 heterocycles. The summed E-state index contributed by atoms with van der Waals surface area (Å²) < 4.78 is 5.38. The molecule has 120 valence electrons. The second-order valence-electron chi connectivity index (χ2n) is 5.41. The van der Waals surface area contributed by atoms with E-state index in [2.05, 4.69) is 35.1 Å². The highest BCUT2D eigenvalue weighted by atomic mass is 16.5. The zero-order chi connectivity index (χ0) is 15.8. The van der Waals surface area contributed by atoms with Crippen LogP contribution in [0.25, 0.3) is 10.9 Å². The highest BCUT2D eigenvalue weighted by molar-refractivity contribution is 5.91. The predicted molar refractivity (Wildman–Crippen MR) is 93.8 cm³/mol. The maximum atomic E-state index is 5.38. The maximum Gasteiger partial charge on any atom is 0.121 e. The predicted octanol–water partition coefficient (Wildman–Crippen LogP) is 3.78. The average Bonchev–Trinajstić information content (AvgIpc) is 2.57. The van der Waals surface area contributed by atoms with Crippen molar-refractivity contribution >= 4 is 16.6 Å². The van der Waals surface area contributed by atoms with E-state index < -0.39 is 0 Å². The van der Waals surface area contributed by atoms with Crippen molar-refractivity contribution in [3.8, 4) is 5.75 Å². The number of pyridine rings is 1. The number of hydrogen-bond acceptors (Lipinski definition) is 4. The second-order valence-corrected chi connectivity index (χ2v) is 5.41. The summed E-state index contributed by atoms with van der Waals surface area (Å²) in [4.78, 5) is 6.94. The SMILES string of the molecule is CCN(CC)CCCCNc1cc(OC)cc2cccnc12. The Labute approximate surface area is 133 Å². The molecule has 0 fully saturated rings. The standard InChI is InChI=1S/C18H27N3O/c1-4-21(5-2)12-7-6-10-19-17-14-16(22-3)13-15-9-8-11-20-18(15)17/h8-9,11,13-14,19H,4-7,10,12H2,1-3H3. The van der Waals surface area contributed by atoms with Crippen molar-refractivity contribution in [3.05, 3.63) is 30.5 Å². The Kier molecular flexibility index (Phi) is 6.46. The van der Waals surface area contributed by atoms with Gasteiger partial charge in [-0.15, -0.1) is 0 Å². The Balaban J connectivity index is 1.93. The highest BCUT2D eigenvalue weighted by Gasteiger charge is 2.05. The van der Waals surface area contributed by atoms with Crippen LogP contribution in [0.2, 0.25) is 0 Å². The van der Waals surface area contributed by atoms with Gasteiger partial charge in [-0.1, -0.05) is 19.9 Å². The lowest BCUT2D eigenvalue weighted by Crippen LogP contribution is -2.24. The van der Waals surface area contributed by atoms with Crippen molar-refractivity contribution in [3.63, 3.8) is 0 Å². The fraction of sp³-hybridized carbons (Fsp3) is 0.500. The molecule has 0 atom stereocenters. The Morgan fingerprint density at radius 1 is 1.18 bits per heavy atom. The molecule has 4 nitrogen and oxygen atoms in total. The number of rotatable bonds is 9. The Hall–Kier alpha value is -1.81. The van der Waals surface area contributed by atoms with Gasteiger partial charge >= 0.3 is 0 Å². The van der Waals surface area contributed by atoms with Crippen molar-refractivity contribution in [2.75, 3.05) is 38.6 Å². The molecular weight excluding hydrogens is 274 g/mol. The van der Waals surface area contributed by atoms with Gasteiger partial charge in [0.2, 0.25) is 0 Å². The van der Waals surface area contributed by atoms with E-state index in [1.54, 1.807) is 7.11 Å². The average molecular weight is 301 g/mol. The van der Waals surface area contributed by atoms with Crippen LogP contribution in [0.5, 0.6) is 5.75 Å². The molecule has 0 bridgehead atoms. The third kappa shape index (κ3) is 4.34. The van der Waals surface area contributed by atoms with Crippen molar-refractivity contribution in [1.82, 2.24) is 9.88 Å². The normalized spacial score (nSPS) is 11.1. The van der Waals surface area contributed by atoms with Crippen LogP contribution in [-0.2, 0) is 0 Å². The number of aromatic nitrogens is 1. The van der Waals surface area contributed by atoms with Crippen molar-refractivity contribution in [2.45, 2.75) is 26.7 Å². The zero-order valence-electron chi connectivity index (χ0n) is 13.9. The number of fused-ring (bicyclic) bond motifs is 1. The van der Waals surface area contributed by atoms with E-state index in [-0.39, 0.29) is 0 Å². The number of benzene rings is 1. The molecular formula is C18H27N3O. The monoisotopic (exact) mass is 301 g/mol. The summed E-state index contributed by atoms with van der Waals surface area (Å²) in [5, 5.41) is 4.62. The number of unbranched alkanes of at least 4 members (excludes halogenated alkanes) is 1. The Morgan fingerprint density at radius 3 is 2.73 bits per heavy atom. The maximum absolute atomic E-state index is 5.38. The minimum absolute atomic E-state index is 0.867. The van der Waals surface area contributed by atoms with Gasteiger partial charge in [0.25, 0.3) is 0 Å². The van der Waals surface area contributed by atoms with E-state index in [1.165, 1.54) is 13.0 Å². The Bertz CT molecular complexity index is 582. The topological polar surface area (TPSA) is 37.4 Å². The molecule has 0 amide bonds. The summed E-state index contributed by atoms with van der Waals surface area (Å²) in [7, 11) is 1.70. The van der Waals surface area contributed by atoms with Crippen LogP contribution in [0.1, 0.15) is 26.7 Å².